The van der Waals surface area contributed by atoms with Crippen LogP contribution in [0.25, 0.3) is 22.0 Å². The molecule has 3 aromatic carbocycles. The molecule has 0 spiro atoms. The third-order valence-corrected chi connectivity index (χ3v) is 5.42. The second kappa shape index (κ2) is 8.65. The third kappa shape index (κ3) is 4.17. The van der Waals surface area contributed by atoms with Crippen LogP contribution >= 0.6 is 23.2 Å². The first kappa shape index (κ1) is 20.7. The van der Waals surface area contributed by atoms with Gasteiger partial charge in [-0.1, -0.05) is 59.6 Å². The van der Waals surface area contributed by atoms with E-state index in [1.165, 1.54) is 7.11 Å². The summed E-state index contributed by atoms with van der Waals surface area (Å²) >= 11 is 12.5. The summed E-state index contributed by atoms with van der Waals surface area (Å²) in [4.78, 5) is 15.3. The minimum absolute atomic E-state index is 0.264. The molecule has 0 bridgehead atoms. The van der Waals surface area contributed by atoms with Crippen molar-refractivity contribution in [1.82, 2.24) is 4.98 Å². The van der Waals surface area contributed by atoms with Crippen LogP contribution in [0.2, 0.25) is 10.0 Å². The van der Waals surface area contributed by atoms with Crippen molar-refractivity contribution in [3.05, 3.63) is 82.0 Å². The van der Waals surface area contributed by atoms with Crippen molar-refractivity contribution in [2.24, 2.45) is 0 Å². The standard InChI is InChI=1S/C24H15Cl2N3O2/c1-31-24-11-23(19(25)10-20(24)26)29-22-9-17(12-27)28-21-8-16(6-7-18(21)22)15-4-2-14(13-30)3-5-15/h2-11,13H,1H3,(H,28,29). The lowest BCUT2D eigenvalue weighted by molar-refractivity contribution is 0.112. The van der Waals surface area contributed by atoms with Gasteiger partial charge in [0.25, 0.3) is 0 Å². The smallest absolute Gasteiger partial charge is 0.150 e. The first-order valence-electron chi connectivity index (χ1n) is 9.23. The molecular weight excluding hydrogens is 433 g/mol. The van der Waals surface area contributed by atoms with E-state index in [0.29, 0.717) is 38.2 Å². The Hall–Kier alpha value is -3.59. The van der Waals surface area contributed by atoms with Crippen LogP contribution in [0.4, 0.5) is 11.4 Å². The third-order valence-electron chi connectivity index (χ3n) is 4.82. The predicted octanol–water partition coefficient (Wildman–Crippen LogP) is 6.64. The number of aromatic nitrogens is 1. The molecule has 0 radical (unpaired) electrons. The summed E-state index contributed by atoms with van der Waals surface area (Å²) in [7, 11) is 1.53. The van der Waals surface area contributed by atoms with Crippen molar-refractivity contribution >= 4 is 51.8 Å². The lowest BCUT2D eigenvalue weighted by Crippen LogP contribution is -1.97. The highest BCUT2D eigenvalue weighted by molar-refractivity contribution is 6.37. The van der Waals surface area contributed by atoms with Crippen LogP contribution in [-0.2, 0) is 0 Å². The number of fused-ring (bicyclic) bond motifs is 1. The second-order valence-electron chi connectivity index (χ2n) is 6.73. The van der Waals surface area contributed by atoms with E-state index in [0.717, 1.165) is 22.8 Å². The van der Waals surface area contributed by atoms with Gasteiger partial charge in [-0.05, 0) is 29.3 Å². The largest absolute Gasteiger partial charge is 0.495 e. The van der Waals surface area contributed by atoms with Gasteiger partial charge in [0.1, 0.15) is 23.8 Å². The number of carbonyl (C=O) groups is 1. The van der Waals surface area contributed by atoms with Crippen LogP contribution in [0.15, 0.2) is 60.7 Å². The molecule has 1 heterocycles. The number of ether oxygens (including phenoxy) is 1. The fraction of sp³-hybridized carbons (Fsp3) is 0.0417. The van der Waals surface area contributed by atoms with Gasteiger partial charge in [-0.2, -0.15) is 5.26 Å². The zero-order valence-electron chi connectivity index (χ0n) is 16.3. The Bertz CT molecular complexity index is 1350. The van der Waals surface area contributed by atoms with Crippen LogP contribution in [0.1, 0.15) is 16.1 Å². The van der Waals surface area contributed by atoms with Gasteiger partial charge in [-0.25, -0.2) is 4.98 Å². The quantitative estimate of drug-likeness (QED) is 0.346. The Balaban J connectivity index is 1.81. The van der Waals surface area contributed by atoms with E-state index in [1.54, 1.807) is 30.3 Å². The zero-order chi connectivity index (χ0) is 22.0. The number of halogens is 2. The maximum Gasteiger partial charge on any atom is 0.150 e. The molecule has 0 aliphatic carbocycles. The highest BCUT2D eigenvalue weighted by Crippen LogP contribution is 2.37. The minimum Gasteiger partial charge on any atom is -0.495 e. The minimum atomic E-state index is 0.264. The molecule has 1 N–H and O–H groups in total. The van der Waals surface area contributed by atoms with Crippen molar-refractivity contribution in [3.8, 4) is 22.9 Å². The number of rotatable bonds is 5. The van der Waals surface area contributed by atoms with Crippen LogP contribution in [-0.4, -0.2) is 18.4 Å². The average Bonchev–Trinajstić information content (AvgIpc) is 2.80. The number of methoxy groups -OCH3 is 1. The van der Waals surface area contributed by atoms with E-state index in [4.69, 9.17) is 27.9 Å². The summed E-state index contributed by atoms with van der Waals surface area (Å²) in [6.07, 6.45) is 0.805. The highest BCUT2D eigenvalue weighted by atomic mass is 35.5. The molecule has 5 nitrogen and oxygen atoms in total. The van der Waals surface area contributed by atoms with Gasteiger partial charge >= 0.3 is 0 Å². The molecule has 0 unspecified atom stereocenters. The van der Waals surface area contributed by atoms with Crippen LogP contribution in [0, 0.1) is 11.3 Å². The number of aldehydes is 1. The molecule has 0 aliphatic heterocycles. The summed E-state index contributed by atoms with van der Waals surface area (Å²) in [5.41, 5.74) is 4.65. The number of carbonyl (C=O) groups excluding carboxylic acids is 1. The predicted molar refractivity (Wildman–Crippen MR) is 124 cm³/mol. The van der Waals surface area contributed by atoms with Gasteiger partial charge in [-0.3, -0.25) is 4.79 Å². The number of hydrogen-bond donors (Lipinski definition) is 1. The molecule has 4 rings (SSSR count). The van der Waals surface area contributed by atoms with Crippen molar-refractivity contribution in [1.29, 1.82) is 5.26 Å². The maximum atomic E-state index is 10.9. The molecule has 0 amide bonds. The molecule has 7 heteroatoms. The zero-order valence-corrected chi connectivity index (χ0v) is 17.8. The summed E-state index contributed by atoms with van der Waals surface area (Å²) in [6.45, 7) is 0. The van der Waals surface area contributed by atoms with E-state index in [2.05, 4.69) is 16.4 Å². The van der Waals surface area contributed by atoms with Gasteiger partial charge in [0.05, 0.1) is 34.0 Å². The molecule has 0 saturated carbocycles. The summed E-state index contributed by atoms with van der Waals surface area (Å²) < 4.78 is 5.27. The van der Waals surface area contributed by atoms with Gasteiger partial charge < -0.3 is 10.1 Å². The van der Waals surface area contributed by atoms with Crippen LogP contribution in [0.5, 0.6) is 5.75 Å². The fourth-order valence-corrected chi connectivity index (χ4v) is 3.76. The Morgan fingerprint density at radius 2 is 1.71 bits per heavy atom. The van der Waals surface area contributed by atoms with E-state index >= 15 is 0 Å². The molecular formula is C24H15Cl2N3O2. The van der Waals surface area contributed by atoms with Crippen LogP contribution < -0.4 is 10.1 Å². The Labute approximate surface area is 188 Å². The molecule has 4 aromatic rings. The molecule has 0 fully saturated rings. The van der Waals surface area contributed by atoms with E-state index in [9.17, 15) is 10.1 Å². The van der Waals surface area contributed by atoms with Crippen molar-refractivity contribution < 1.29 is 9.53 Å². The van der Waals surface area contributed by atoms with Crippen molar-refractivity contribution in [3.63, 3.8) is 0 Å². The van der Waals surface area contributed by atoms with Crippen molar-refractivity contribution in [2.75, 3.05) is 12.4 Å². The summed E-state index contributed by atoms with van der Waals surface area (Å²) in [6, 6.07) is 20.1. The number of nitrogens with one attached hydrogen (secondary N) is 1. The van der Waals surface area contributed by atoms with Gasteiger partial charge in [0.2, 0.25) is 0 Å². The number of anilines is 2. The topological polar surface area (TPSA) is 75.0 Å². The monoisotopic (exact) mass is 447 g/mol. The van der Waals surface area contributed by atoms with E-state index in [1.807, 2.05) is 30.3 Å². The maximum absolute atomic E-state index is 10.9. The first-order valence-corrected chi connectivity index (χ1v) is 9.98. The molecule has 0 aliphatic rings. The van der Waals surface area contributed by atoms with Crippen molar-refractivity contribution in [2.45, 2.75) is 0 Å². The highest BCUT2D eigenvalue weighted by Gasteiger charge is 2.12. The van der Waals surface area contributed by atoms with Gasteiger partial charge in [0, 0.05) is 17.0 Å². The molecule has 31 heavy (non-hydrogen) atoms. The number of benzene rings is 3. The number of hydrogen-bond acceptors (Lipinski definition) is 5. The number of nitrogens with zero attached hydrogens (tertiary/aromatic N) is 2. The first-order chi connectivity index (χ1) is 15.0. The summed E-state index contributed by atoms with van der Waals surface area (Å²) in [5.74, 6) is 0.480. The second-order valence-corrected chi connectivity index (χ2v) is 7.54. The Morgan fingerprint density at radius 3 is 2.39 bits per heavy atom. The molecule has 1 aromatic heterocycles. The molecule has 0 atom stereocenters. The fourth-order valence-electron chi connectivity index (χ4n) is 3.25. The SMILES string of the molecule is COc1cc(Nc2cc(C#N)nc3cc(-c4ccc(C=O)cc4)ccc23)c(Cl)cc1Cl. The van der Waals surface area contributed by atoms with E-state index < -0.39 is 0 Å². The van der Waals surface area contributed by atoms with Gasteiger partial charge in [-0.15, -0.1) is 0 Å². The lowest BCUT2D eigenvalue weighted by Gasteiger charge is -2.14. The lowest BCUT2D eigenvalue weighted by atomic mass is 10.0. The molecule has 0 saturated heterocycles. The normalized spacial score (nSPS) is 10.5. The summed E-state index contributed by atoms with van der Waals surface area (Å²) in [5, 5.41) is 14.4. The number of pyridine rings is 1. The molecule has 152 valence electrons. The van der Waals surface area contributed by atoms with E-state index in [-0.39, 0.29) is 5.69 Å². The Morgan fingerprint density at radius 1 is 0.968 bits per heavy atom. The average molecular weight is 448 g/mol. The van der Waals surface area contributed by atoms with Gasteiger partial charge in [0.15, 0.2) is 0 Å². The Kier molecular flexibility index (Phi) is 5.77. The number of nitriles is 1. The van der Waals surface area contributed by atoms with Crippen LogP contribution in [0.3, 0.4) is 0 Å².